The lowest BCUT2D eigenvalue weighted by Gasteiger charge is -2.23. The third-order valence-electron chi connectivity index (χ3n) is 3.54. The van der Waals surface area contributed by atoms with Crippen LogP contribution in [0, 0.1) is 18.8 Å². The average molecular weight is 286 g/mol. The first-order valence-corrected chi connectivity index (χ1v) is 7.32. The number of aryl methyl sites for hydroxylation is 1. The first kappa shape index (κ1) is 15.6. The Bertz CT molecular complexity index is 572. The van der Waals surface area contributed by atoms with Crippen molar-refractivity contribution in [3.8, 4) is 11.8 Å². The zero-order valence-electron chi connectivity index (χ0n) is 12.7. The Hall–Kier alpha value is -1.83. The van der Waals surface area contributed by atoms with Gasteiger partial charge in [-0.15, -0.1) is 0 Å². The molecule has 1 atom stereocenters. The van der Waals surface area contributed by atoms with Gasteiger partial charge in [-0.3, -0.25) is 4.79 Å². The van der Waals surface area contributed by atoms with Crippen molar-refractivity contribution in [3.05, 3.63) is 34.9 Å². The standard InChI is InChI=1S/C17H22N2O2/c1-13-6-7-15(5-3-8-18)11-16(13)17(20)19-9-4-10-21-14(2)12-19/h6-7,11,14H,4,8-10,12,18H2,1-2H3. The molecule has 21 heavy (non-hydrogen) atoms. The molecule has 0 aromatic heterocycles. The number of carbonyl (C=O) groups excluding carboxylic acids is 1. The van der Waals surface area contributed by atoms with Gasteiger partial charge in [-0.1, -0.05) is 17.9 Å². The Morgan fingerprint density at radius 1 is 1.52 bits per heavy atom. The Morgan fingerprint density at radius 3 is 3.10 bits per heavy atom. The van der Waals surface area contributed by atoms with E-state index < -0.39 is 0 Å². The Balaban J connectivity index is 2.24. The van der Waals surface area contributed by atoms with Crippen molar-refractivity contribution in [3.63, 3.8) is 0 Å². The van der Waals surface area contributed by atoms with Crippen molar-refractivity contribution < 1.29 is 9.53 Å². The Labute approximate surface area is 126 Å². The van der Waals surface area contributed by atoms with E-state index in [-0.39, 0.29) is 12.0 Å². The second-order valence-corrected chi connectivity index (χ2v) is 5.32. The lowest BCUT2D eigenvalue weighted by atomic mass is 10.0. The van der Waals surface area contributed by atoms with Crippen molar-refractivity contribution in [2.24, 2.45) is 5.73 Å². The normalized spacial score (nSPS) is 18.6. The summed E-state index contributed by atoms with van der Waals surface area (Å²) < 4.78 is 5.60. The molecule has 1 aliphatic rings. The molecule has 0 bridgehead atoms. The molecule has 2 rings (SSSR count). The number of carbonyl (C=O) groups is 1. The summed E-state index contributed by atoms with van der Waals surface area (Å²) in [6.07, 6.45) is 0.957. The molecule has 0 saturated carbocycles. The molecule has 0 aliphatic carbocycles. The molecule has 1 unspecified atom stereocenters. The van der Waals surface area contributed by atoms with Gasteiger partial charge in [-0.05, 0) is 38.0 Å². The smallest absolute Gasteiger partial charge is 0.254 e. The summed E-state index contributed by atoms with van der Waals surface area (Å²) in [5.41, 5.74) is 7.90. The number of nitrogens with two attached hydrogens (primary N) is 1. The second kappa shape index (κ2) is 7.26. The molecule has 1 saturated heterocycles. The Kier molecular flexibility index (Phi) is 5.38. The quantitative estimate of drug-likeness (QED) is 0.797. The van der Waals surface area contributed by atoms with Crippen LogP contribution in [0.25, 0.3) is 0 Å². The summed E-state index contributed by atoms with van der Waals surface area (Å²) in [4.78, 5) is 14.6. The minimum absolute atomic E-state index is 0.0567. The van der Waals surface area contributed by atoms with Gasteiger partial charge in [0, 0.05) is 30.8 Å². The van der Waals surface area contributed by atoms with Gasteiger partial charge in [-0.25, -0.2) is 0 Å². The van der Waals surface area contributed by atoms with Gasteiger partial charge < -0.3 is 15.4 Å². The fourth-order valence-corrected chi connectivity index (χ4v) is 2.43. The van der Waals surface area contributed by atoms with Gasteiger partial charge in [0.05, 0.1) is 12.6 Å². The van der Waals surface area contributed by atoms with Gasteiger partial charge >= 0.3 is 0 Å². The summed E-state index contributed by atoms with van der Waals surface area (Å²) in [5, 5.41) is 0. The van der Waals surface area contributed by atoms with E-state index >= 15 is 0 Å². The van der Waals surface area contributed by atoms with Crippen LogP contribution < -0.4 is 5.73 Å². The van der Waals surface area contributed by atoms with Crippen LogP contribution in [-0.4, -0.2) is 43.2 Å². The van der Waals surface area contributed by atoms with Crippen LogP contribution in [0.15, 0.2) is 18.2 Å². The highest BCUT2D eigenvalue weighted by atomic mass is 16.5. The number of benzene rings is 1. The SMILES string of the molecule is Cc1ccc(C#CCN)cc1C(=O)N1CCCOC(C)C1. The molecule has 1 aliphatic heterocycles. The molecule has 0 spiro atoms. The zero-order valence-corrected chi connectivity index (χ0v) is 12.7. The number of hydrogen-bond acceptors (Lipinski definition) is 3. The number of hydrogen-bond donors (Lipinski definition) is 1. The third-order valence-corrected chi connectivity index (χ3v) is 3.54. The summed E-state index contributed by atoms with van der Waals surface area (Å²) in [7, 11) is 0. The molecule has 1 amide bonds. The fraction of sp³-hybridized carbons (Fsp3) is 0.471. The molecular formula is C17H22N2O2. The van der Waals surface area contributed by atoms with Crippen molar-refractivity contribution >= 4 is 5.91 Å². The van der Waals surface area contributed by atoms with E-state index in [4.69, 9.17) is 10.5 Å². The summed E-state index contributed by atoms with van der Waals surface area (Å²) in [6, 6.07) is 5.71. The average Bonchev–Trinajstić information content (AvgIpc) is 2.70. The van der Waals surface area contributed by atoms with Gasteiger partial charge in [0.1, 0.15) is 0 Å². The molecule has 1 heterocycles. The monoisotopic (exact) mass is 286 g/mol. The largest absolute Gasteiger partial charge is 0.377 e. The van der Waals surface area contributed by atoms with Gasteiger partial charge in [0.2, 0.25) is 0 Å². The van der Waals surface area contributed by atoms with Crippen molar-refractivity contribution in [1.29, 1.82) is 0 Å². The maximum absolute atomic E-state index is 12.7. The molecular weight excluding hydrogens is 264 g/mol. The van der Waals surface area contributed by atoms with E-state index in [1.54, 1.807) is 0 Å². The maximum atomic E-state index is 12.7. The van der Waals surface area contributed by atoms with Crippen molar-refractivity contribution in [2.45, 2.75) is 26.4 Å². The van der Waals surface area contributed by atoms with E-state index in [9.17, 15) is 4.79 Å². The van der Waals surface area contributed by atoms with Gasteiger partial charge in [0.25, 0.3) is 5.91 Å². The van der Waals surface area contributed by atoms with Gasteiger partial charge in [0.15, 0.2) is 0 Å². The van der Waals surface area contributed by atoms with Crippen LogP contribution in [0.3, 0.4) is 0 Å². The number of amides is 1. The topological polar surface area (TPSA) is 55.6 Å². The fourth-order valence-electron chi connectivity index (χ4n) is 2.43. The summed E-state index contributed by atoms with van der Waals surface area (Å²) in [5.74, 6) is 5.86. The van der Waals surface area contributed by atoms with Crippen LogP contribution in [0.5, 0.6) is 0 Å². The molecule has 4 heteroatoms. The summed E-state index contributed by atoms with van der Waals surface area (Å²) >= 11 is 0. The molecule has 2 N–H and O–H groups in total. The van der Waals surface area contributed by atoms with Crippen LogP contribution in [0.2, 0.25) is 0 Å². The predicted octanol–water partition coefficient (Wildman–Crippen LogP) is 1.56. The lowest BCUT2D eigenvalue weighted by molar-refractivity contribution is 0.0562. The van der Waals surface area contributed by atoms with E-state index in [0.29, 0.717) is 25.3 Å². The zero-order chi connectivity index (χ0) is 15.2. The molecule has 1 aromatic rings. The third kappa shape index (κ3) is 4.07. The number of ether oxygens (including phenoxy) is 1. The Morgan fingerprint density at radius 2 is 2.33 bits per heavy atom. The molecule has 1 fully saturated rings. The highest BCUT2D eigenvalue weighted by molar-refractivity contribution is 5.96. The van der Waals surface area contributed by atoms with Crippen LogP contribution in [0.1, 0.15) is 34.8 Å². The minimum atomic E-state index is 0.0567. The van der Waals surface area contributed by atoms with Crippen molar-refractivity contribution in [2.75, 3.05) is 26.2 Å². The lowest BCUT2D eigenvalue weighted by Crippen LogP contribution is -2.36. The first-order valence-electron chi connectivity index (χ1n) is 7.32. The van der Waals surface area contributed by atoms with E-state index in [1.165, 1.54) is 0 Å². The molecule has 0 radical (unpaired) electrons. The molecule has 1 aromatic carbocycles. The molecule has 112 valence electrons. The minimum Gasteiger partial charge on any atom is -0.377 e. The number of rotatable bonds is 1. The first-order chi connectivity index (χ1) is 10.1. The molecule has 4 nitrogen and oxygen atoms in total. The predicted molar refractivity (Wildman–Crippen MR) is 83.0 cm³/mol. The highest BCUT2D eigenvalue weighted by Crippen LogP contribution is 2.16. The van der Waals surface area contributed by atoms with Gasteiger partial charge in [-0.2, -0.15) is 0 Å². The van der Waals surface area contributed by atoms with Crippen LogP contribution >= 0.6 is 0 Å². The maximum Gasteiger partial charge on any atom is 0.254 e. The highest BCUT2D eigenvalue weighted by Gasteiger charge is 2.22. The number of nitrogens with zero attached hydrogens (tertiary/aromatic N) is 1. The van der Waals surface area contributed by atoms with E-state index in [0.717, 1.165) is 24.1 Å². The summed E-state index contributed by atoms with van der Waals surface area (Å²) in [6.45, 7) is 6.36. The van der Waals surface area contributed by atoms with Crippen LogP contribution in [-0.2, 0) is 4.74 Å². The van der Waals surface area contributed by atoms with Crippen molar-refractivity contribution in [1.82, 2.24) is 4.90 Å². The van der Waals surface area contributed by atoms with E-state index in [1.807, 2.05) is 36.9 Å². The van der Waals surface area contributed by atoms with Crippen LogP contribution in [0.4, 0.5) is 0 Å². The van der Waals surface area contributed by atoms with E-state index in [2.05, 4.69) is 11.8 Å². The second-order valence-electron chi connectivity index (χ2n) is 5.32.